The summed E-state index contributed by atoms with van der Waals surface area (Å²) in [5, 5.41) is 3.39. The number of rotatable bonds is 7. The van der Waals surface area contributed by atoms with Crippen molar-refractivity contribution in [1.82, 2.24) is 19.5 Å². The molecule has 1 N–H and O–H groups in total. The minimum Gasteiger partial charge on any atom is -0.459 e. The van der Waals surface area contributed by atoms with Crippen molar-refractivity contribution in [3.63, 3.8) is 0 Å². The highest BCUT2D eigenvalue weighted by atomic mass is 16.6. The van der Waals surface area contributed by atoms with Gasteiger partial charge in [-0.25, -0.2) is 19.7 Å². The van der Waals surface area contributed by atoms with Crippen LogP contribution >= 0.6 is 0 Å². The molecule has 0 radical (unpaired) electrons. The highest BCUT2D eigenvalue weighted by Gasteiger charge is 2.29. The molecule has 30 heavy (non-hydrogen) atoms. The molecule has 2 atom stereocenters. The maximum Gasteiger partial charge on any atom is 0.338 e. The molecule has 156 valence electrons. The van der Waals surface area contributed by atoms with Crippen molar-refractivity contribution in [2.75, 3.05) is 18.5 Å². The van der Waals surface area contributed by atoms with E-state index < -0.39 is 0 Å². The molecule has 2 fully saturated rings. The van der Waals surface area contributed by atoms with Gasteiger partial charge >= 0.3 is 5.97 Å². The first kappa shape index (κ1) is 19.0. The standard InChI is InChI=1S/C22H25N5O3/c1-14-2-6-16(7-3-14)22(28)29-11-17-8-9-18(30-17)27-13-26-19-20(23-10-15-4-5-15)24-12-25-21(19)27/h2-3,6-7,12-13,15,17-18H,4-5,8-11H2,1H3,(H,23,24,25)/t17-,18+/m0/s1. The number of hydrogen-bond acceptors (Lipinski definition) is 7. The summed E-state index contributed by atoms with van der Waals surface area (Å²) >= 11 is 0. The highest BCUT2D eigenvalue weighted by Crippen LogP contribution is 2.32. The van der Waals surface area contributed by atoms with E-state index in [0.29, 0.717) is 5.56 Å². The number of aromatic nitrogens is 4. The van der Waals surface area contributed by atoms with Crippen LogP contribution in [-0.2, 0) is 9.47 Å². The van der Waals surface area contributed by atoms with Gasteiger partial charge in [0.1, 0.15) is 19.2 Å². The predicted octanol–water partition coefficient (Wildman–Crippen LogP) is 3.49. The van der Waals surface area contributed by atoms with Crippen LogP contribution in [0, 0.1) is 12.8 Å². The third-order valence-corrected chi connectivity index (χ3v) is 5.70. The lowest BCUT2D eigenvalue weighted by Crippen LogP contribution is -2.19. The molecular weight excluding hydrogens is 382 g/mol. The monoisotopic (exact) mass is 407 g/mol. The van der Waals surface area contributed by atoms with Crippen LogP contribution in [-0.4, -0.2) is 44.7 Å². The van der Waals surface area contributed by atoms with E-state index in [1.165, 1.54) is 12.8 Å². The fourth-order valence-corrected chi connectivity index (χ4v) is 3.71. The molecule has 1 aliphatic carbocycles. The number of fused-ring (bicyclic) bond motifs is 1. The molecule has 0 bridgehead atoms. The van der Waals surface area contributed by atoms with E-state index in [4.69, 9.17) is 9.47 Å². The number of hydrogen-bond donors (Lipinski definition) is 1. The molecule has 0 unspecified atom stereocenters. The number of benzene rings is 1. The third kappa shape index (κ3) is 4.00. The Morgan fingerprint density at radius 1 is 1.17 bits per heavy atom. The zero-order valence-electron chi connectivity index (χ0n) is 17.0. The summed E-state index contributed by atoms with van der Waals surface area (Å²) in [6.45, 7) is 3.14. The highest BCUT2D eigenvalue weighted by molar-refractivity contribution is 5.89. The Kier molecular flexibility index (Phi) is 5.08. The molecule has 2 aromatic heterocycles. The maximum absolute atomic E-state index is 12.2. The predicted molar refractivity (Wildman–Crippen MR) is 111 cm³/mol. The van der Waals surface area contributed by atoms with Crippen LogP contribution in [0.2, 0.25) is 0 Å². The van der Waals surface area contributed by atoms with E-state index in [0.717, 1.165) is 47.8 Å². The van der Waals surface area contributed by atoms with E-state index in [1.54, 1.807) is 24.8 Å². The summed E-state index contributed by atoms with van der Waals surface area (Å²) in [4.78, 5) is 25.5. The fraction of sp³-hybridized carbons (Fsp3) is 0.455. The molecule has 8 nitrogen and oxygen atoms in total. The summed E-state index contributed by atoms with van der Waals surface area (Å²) in [6, 6.07) is 7.36. The number of carbonyl (C=O) groups excluding carboxylic acids is 1. The van der Waals surface area contributed by atoms with Crippen molar-refractivity contribution in [3.8, 4) is 0 Å². The molecule has 1 aliphatic heterocycles. The SMILES string of the molecule is Cc1ccc(C(=O)OC[C@@H]2CC[C@H](n3cnc4c(NCC5CC5)ncnc43)O2)cc1. The van der Waals surface area contributed by atoms with Gasteiger partial charge in [0.25, 0.3) is 0 Å². The second-order valence-corrected chi connectivity index (χ2v) is 8.13. The summed E-state index contributed by atoms with van der Waals surface area (Å²) in [5.74, 6) is 1.19. The van der Waals surface area contributed by atoms with E-state index >= 15 is 0 Å². The van der Waals surface area contributed by atoms with Crippen molar-refractivity contribution >= 4 is 23.0 Å². The average molecular weight is 407 g/mol. The topological polar surface area (TPSA) is 91.2 Å². The molecule has 1 saturated heterocycles. The number of anilines is 1. The average Bonchev–Trinajstić information content (AvgIpc) is 3.30. The van der Waals surface area contributed by atoms with E-state index in [-0.39, 0.29) is 24.9 Å². The van der Waals surface area contributed by atoms with Gasteiger partial charge in [0.15, 0.2) is 17.0 Å². The van der Waals surface area contributed by atoms with Gasteiger partial charge in [-0.1, -0.05) is 17.7 Å². The van der Waals surface area contributed by atoms with Gasteiger partial charge in [0.05, 0.1) is 18.0 Å². The van der Waals surface area contributed by atoms with Crippen molar-refractivity contribution in [3.05, 3.63) is 48.0 Å². The third-order valence-electron chi connectivity index (χ3n) is 5.70. The van der Waals surface area contributed by atoms with E-state index in [1.807, 2.05) is 23.6 Å². The lowest BCUT2D eigenvalue weighted by Gasteiger charge is -2.15. The molecule has 0 amide bonds. The number of carbonyl (C=O) groups is 1. The smallest absolute Gasteiger partial charge is 0.338 e. The van der Waals surface area contributed by atoms with Gasteiger partial charge in [0, 0.05) is 6.54 Å². The van der Waals surface area contributed by atoms with Crippen molar-refractivity contribution in [2.45, 2.75) is 44.9 Å². The van der Waals surface area contributed by atoms with Crippen LogP contribution in [0.3, 0.4) is 0 Å². The molecule has 2 aliphatic rings. The first-order chi connectivity index (χ1) is 14.7. The minimum atomic E-state index is -0.325. The molecule has 5 rings (SSSR count). The van der Waals surface area contributed by atoms with Crippen LogP contribution < -0.4 is 5.32 Å². The van der Waals surface area contributed by atoms with E-state index in [9.17, 15) is 4.79 Å². The van der Waals surface area contributed by atoms with Crippen molar-refractivity contribution in [2.24, 2.45) is 5.92 Å². The number of nitrogens with one attached hydrogen (secondary N) is 1. The number of nitrogens with zero attached hydrogens (tertiary/aromatic N) is 4. The number of esters is 1. The molecule has 1 aromatic carbocycles. The van der Waals surface area contributed by atoms with Crippen LogP contribution in [0.4, 0.5) is 5.82 Å². The van der Waals surface area contributed by atoms with Crippen LogP contribution in [0.25, 0.3) is 11.2 Å². The van der Waals surface area contributed by atoms with Crippen molar-refractivity contribution < 1.29 is 14.3 Å². The second-order valence-electron chi connectivity index (χ2n) is 8.13. The Hall–Kier alpha value is -3.00. The lowest BCUT2D eigenvalue weighted by atomic mass is 10.1. The zero-order chi connectivity index (χ0) is 20.5. The molecule has 3 aromatic rings. The summed E-state index contributed by atoms with van der Waals surface area (Å²) in [5.41, 5.74) is 3.18. The minimum absolute atomic E-state index is 0.142. The molecular formula is C22H25N5O3. The van der Waals surface area contributed by atoms with Crippen LogP contribution in [0.5, 0.6) is 0 Å². The first-order valence-corrected chi connectivity index (χ1v) is 10.5. The normalized spacial score (nSPS) is 21.1. The summed E-state index contributed by atoms with van der Waals surface area (Å²) in [6.07, 6.45) is 7.18. The quantitative estimate of drug-likeness (QED) is 0.600. The van der Waals surface area contributed by atoms with Gasteiger partial charge in [-0.3, -0.25) is 4.57 Å². The molecule has 8 heteroatoms. The number of aryl methyl sites for hydroxylation is 1. The fourth-order valence-electron chi connectivity index (χ4n) is 3.71. The Balaban J connectivity index is 1.21. The van der Waals surface area contributed by atoms with Crippen LogP contribution in [0.1, 0.15) is 47.8 Å². The Morgan fingerprint density at radius 2 is 2.00 bits per heavy atom. The van der Waals surface area contributed by atoms with Gasteiger partial charge in [0.2, 0.25) is 0 Å². The first-order valence-electron chi connectivity index (χ1n) is 10.5. The van der Waals surface area contributed by atoms with Gasteiger partial charge in [-0.05, 0) is 50.7 Å². The van der Waals surface area contributed by atoms with Crippen molar-refractivity contribution in [1.29, 1.82) is 0 Å². The molecule has 3 heterocycles. The maximum atomic E-state index is 12.2. The summed E-state index contributed by atoms with van der Waals surface area (Å²) in [7, 11) is 0. The molecule has 0 spiro atoms. The Bertz CT molecular complexity index is 1040. The molecule has 1 saturated carbocycles. The van der Waals surface area contributed by atoms with Crippen LogP contribution in [0.15, 0.2) is 36.9 Å². The second kappa shape index (κ2) is 8.02. The Labute approximate surface area is 174 Å². The largest absolute Gasteiger partial charge is 0.459 e. The summed E-state index contributed by atoms with van der Waals surface area (Å²) < 4.78 is 13.5. The van der Waals surface area contributed by atoms with E-state index in [2.05, 4.69) is 20.3 Å². The van der Waals surface area contributed by atoms with Gasteiger partial charge in [-0.2, -0.15) is 0 Å². The zero-order valence-corrected chi connectivity index (χ0v) is 17.0. The Morgan fingerprint density at radius 3 is 2.80 bits per heavy atom. The number of imidazole rings is 1. The van der Waals surface area contributed by atoms with Gasteiger partial charge < -0.3 is 14.8 Å². The van der Waals surface area contributed by atoms with Gasteiger partial charge in [-0.15, -0.1) is 0 Å². The lowest BCUT2D eigenvalue weighted by molar-refractivity contribution is -0.0309. The number of ether oxygens (including phenoxy) is 2.